The van der Waals surface area contributed by atoms with Gasteiger partial charge in [0.05, 0.1) is 22.2 Å². The molecule has 1 heterocycles. The van der Waals surface area contributed by atoms with Crippen LogP contribution in [-0.2, 0) is 11.1 Å². The van der Waals surface area contributed by atoms with E-state index in [2.05, 4.69) is 15.3 Å². The van der Waals surface area contributed by atoms with Crippen LogP contribution in [0.4, 0.5) is 5.69 Å². The average molecular weight is 411 g/mol. The third-order valence-electron chi connectivity index (χ3n) is 2.74. The summed E-state index contributed by atoms with van der Waals surface area (Å²) < 4.78 is 10.8. The van der Waals surface area contributed by atoms with Gasteiger partial charge < -0.3 is 25.1 Å². The number of nitrogens with zero attached hydrogens (tertiary/aromatic N) is 1. The van der Waals surface area contributed by atoms with E-state index in [1.54, 1.807) is 0 Å². The molecule has 2 aromatic rings. The topological polar surface area (TPSA) is 178 Å². The van der Waals surface area contributed by atoms with E-state index >= 15 is 0 Å². The maximum Gasteiger partial charge on any atom is 0.339 e. The molecular formula is C10H12BrN4O7P. The van der Waals surface area contributed by atoms with Gasteiger partial charge in [-0.25, -0.2) is 0 Å². The molecule has 0 unspecified atom stereocenters. The van der Waals surface area contributed by atoms with E-state index in [0.29, 0.717) is 0 Å². The highest BCUT2D eigenvalue weighted by atomic mass is 79.9. The van der Waals surface area contributed by atoms with Gasteiger partial charge in [0, 0.05) is 18.7 Å². The lowest BCUT2D eigenvalue weighted by Gasteiger charge is -2.09. The molecule has 0 spiro atoms. The fourth-order valence-corrected chi connectivity index (χ4v) is 2.27. The first-order valence-electron chi connectivity index (χ1n) is 5.86. The molecule has 11 nitrogen and oxygen atoms in total. The van der Waals surface area contributed by atoms with Gasteiger partial charge in [0.15, 0.2) is 0 Å². The first kappa shape index (κ1) is 19.2. The van der Waals surface area contributed by atoms with Crippen LogP contribution < -0.4 is 16.4 Å². The zero-order chi connectivity index (χ0) is 16.5. The summed E-state index contributed by atoms with van der Waals surface area (Å²) in [6.45, 7) is -0.148. The second-order valence-electron chi connectivity index (χ2n) is 4.44. The lowest BCUT2D eigenvalue weighted by Crippen LogP contribution is -2.29. The molecule has 0 aliphatic rings. The SMILES string of the molecule is Br.O=c1[nH]c2cc([N+](=O)[O-])cc(CNCP(=O)(O)O)c2[nH]c1=O. The van der Waals surface area contributed by atoms with Crippen LogP contribution in [-0.4, -0.2) is 31.0 Å². The summed E-state index contributed by atoms with van der Waals surface area (Å²) >= 11 is 0. The van der Waals surface area contributed by atoms with Crippen LogP contribution in [0.1, 0.15) is 5.56 Å². The molecule has 1 aromatic carbocycles. The van der Waals surface area contributed by atoms with Crippen molar-refractivity contribution < 1.29 is 19.3 Å². The van der Waals surface area contributed by atoms with E-state index in [4.69, 9.17) is 9.79 Å². The number of fused-ring (bicyclic) bond motifs is 1. The van der Waals surface area contributed by atoms with Crippen LogP contribution in [0.15, 0.2) is 21.7 Å². The van der Waals surface area contributed by atoms with Gasteiger partial charge in [-0.15, -0.1) is 17.0 Å². The Kier molecular flexibility index (Phi) is 5.97. The van der Waals surface area contributed by atoms with Crippen molar-refractivity contribution in [1.29, 1.82) is 0 Å². The molecule has 0 amide bonds. The van der Waals surface area contributed by atoms with E-state index in [9.17, 15) is 24.3 Å². The normalized spacial score (nSPS) is 11.2. The van der Waals surface area contributed by atoms with Gasteiger partial charge in [0.2, 0.25) is 0 Å². The Morgan fingerprint density at radius 3 is 2.39 bits per heavy atom. The molecule has 23 heavy (non-hydrogen) atoms. The number of hydrogen-bond donors (Lipinski definition) is 5. The van der Waals surface area contributed by atoms with E-state index < -0.39 is 29.9 Å². The van der Waals surface area contributed by atoms with Crippen molar-refractivity contribution in [1.82, 2.24) is 15.3 Å². The fourth-order valence-electron chi connectivity index (χ4n) is 1.86. The summed E-state index contributed by atoms with van der Waals surface area (Å²) in [5.41, 5.74) is -1.81. The molecule has 0 aliphatic heterocycles. The van der Waals surface area contributed by atoms with Gasteiger partial charge in [0.1, 0.15) is 0 Å². The van der Waals surface area contributed by atoms with Crippen molar-refractivity contribution in [2.45, 2.75) is 6.54 Å². The van der Waals surface area contributed by atoms with Gasteiger partial charge in [-0.3, -0.25) is 24.3 Å². The van der Waals surface area contributed by atoms with Crippen LogP contribution in [0.25, 0.3) is 11.0 Å². The summed E-state index contributed by atoms with van der Waals surface area (Å²) in [6, 6.07) is 2.22. The molecule has 0 bridgehead atoms. The molecule has 0 radical (unpaired) electrons. The molecular weight excluding hydrogens is 399 g/mol. The average Bonchev–Trinajstić information content (AvgIpc) is 2.38. The van der Waals surface area contributed by atoms with Crippen molar-refractivity contribution in [2.75, 3.05) is 6.29 Å². The predicted octanol–water partition coefficient (Wildman–Crippen LogP) is -0.0727. The van der Waals surface area contributed by atoms with E-state index in [-0.39, 0.29) is 45.8 Å². The zero-order valence-electron chi connectivity index (χ0n) is 11.3. The van der Waals surface area contributed by atoms with Gasteiger partial charge in [-0.1, -0.05) is 0 Å². The third-order valence-corrected chi connectivity index (χ3v) is 3.38. The minimum absolute atomic E-state index is 0. The smallest absolute Gasteiger partial charge is 0.324 e. The van der Waals surface area contributed by atoms with Crippen LogP contribution in [0.3, 0.4) is 0 Å². The molecule has 5 N–H and O–H groups in total. The highest BCUT2D eigenvalue weighted by Gasteiger charge is 2.16. The molecule has 1 aromatic heterocycles. The number of hydrogen-bond acceptors (Lipinski definition) is 6. The molecule has 0 saturated heterocycles. The summed E-state index contributed by atoms with van der Waals surface area (Å²) in [5, 5.41) is 13.3. The third kappa shape index (κ3) is 4.81. The van der Waals surface area contributed by atoms with Gasteiger partial charge in [-0.2, -0.15) is 0 Å². The second kappa shape index (κ2) is 7.15. The number of nitro groups is 1. The van der Waals surface area contributed by atoms with Crippen molar-refractivity contribution >= 4 is 41.3 Å². The number of H-pyrrole nitrogens is 2. The quantitative estimate of drug-likeness (QED) is 0.196. The fraction of sp³-hybridized carbons (Fsp3) is 0.200. The number of aromatic amines is 2. The molecule has 126 valence electrons. The molecule has 0 atom stereocenters. The van der Waals surface area contributed by atoms with Crippen molar-refractivity contribution in [3.63, 3.8) is 0 Å². The zero-order valence-corrected chi connectivity index (χ0v) is 13.9. The number of rotatable bonds is 5. The molecule has 0 aliphatic carbocycles. The summed E-state index contributed by atoms with van der Waals surface area (Å²) in [7, 11) is -4.29. The van der Waals surface area contributed by atoms with Crippen molar-refractivity contribution in [2.24, 2.45) is 0 Å². The molecule has 0 fully saturated rings. The standard InChI is InChI=1S/C10H11N4O7P.BrH/c15-9-10(16)13-8-5(3-11-4-22(19,20)21)1-6(14(17)18)2-7(8)12-9;/h1-2,11H,3-4H2,(H,12,15)(H,13,16)(H2,19,20,21);1H. The summed E-state index contributed by atoms with van der Waals surface area (Å²) in [4.78, 5) is 54.9. The van der Waals surface area contributed by atoms with Crippen LogP contribution in [0.2, 0.25) is 0 Å². The Labute approximate surface area is 137 Å². The largest absolute Gasteiger partial charge is 0.339 e. The van der Waals surface area contributed by atoms with Crippen molar-refractivity contribution in [3.8, 4) is 0 Å². The Hall–Kier alpha value is -1.85. The summed E-state index contributed by atoms with van der Waals surface area (Å²) in [5.74, 6) is 0. The molecule has 0 saturated carbocycles. The molecule has 2 rings (SSSR count). The number of non-ortho nitro benzene ring substituents is 1. The summed E-state index contributed by atoms with van der Waals surface area (Å²) in [6.07, 6.45) is -0.634. The second-order valence-corrected chi connectivity index (χ2v) is 6.09. The number of nitrogens with one attached hydrogen (secondary N) is 3. The van der Waals surface area contributed by atoms with E-state index in [0.717, 1.165) is 12.1 Å². The van der Waals surface area contributed by atoms with E-state index in [1.807, 2.05) is 0 Å². The van der Waals surface area contributed by atoms with Gasteiger partial charge >= 0.3 is 18.7 Å². The maximum absolute atomic E-state index is 11.4. The van der Waals surface area contributed by atoms with Gasteiger partial charge in [-0.05, 0) is 5.56 Å². The number of nitro benzene ring substituents is 1. The predicted molar refractivity (Wildman–Crippen MR) is 85.9 cm³/mol. The highest BCUT2D eigenvalue weighted by molar-refractivity contribution is 8.93. The van der Waals surface area contributed by atoms with Crippen LogP contribution >= 0.6 is 24.6 Å². The van der Waals surface area contributed by atoms with Crippen LogP contribution in [0, 0.1) is 10.1 Å². The Bertz CT molecular complexity index is 902. The van der Waals surface area contributed by atoms with Gasteiger partial charge in [0.25, 0.3) is 5.69 Å². The van der Waals surface area contributed by atoms with Crippen LogP contribution in [0.5, 0.6) is 0 Å². The first-order chi connectivity index (χ1) is 10.2. The van der Waals surface area contributed by atoms with E-state index in [1.165, 1.54) is 0 Å². The Morgan fingerprint density at radius 1 is 1.22 bits per heavy atom. The maximum atomic E-state index is 11.4. The Balaban J connectivity index is 0.00000264. The number of benzene rings is 1. The lowest BCUT2D eigenvalue weighted by molar-refractivity contribution is -0.384. The van der Waals surface area contributed by atoms with Crippen molar-refractivity contribution in [3.05, 3.63) is 48.5 Å². The first-order valence-corrected chi connectivity index (χ1v) is 7.66. The lowest BCUT2D eigenvalue weighted by atomic mass is 10.1. The highest BCUT2D eigenvalue weighted by Crippen LogP contribution is 2.32. The minimum Gasteiger partial charge on any atom is -0.324 e. The number of aromatic nitrogens is 2. The molecule has 13 heteroatoms. The monoisotopic (exact) mass is 410 g/mol. The minimum atomic E-state index is -4.29. The number of halogens is 1. The Morgan fingerprint density at radius 2 is 1.83 bits per heavy atom.